The molecule has 0 saturated carbocycles. The van der Waals surface area contributed by atoms with Crippen molar-refractivity contribution >= 4 is 35.2 Å². The van der Waals surface area contributed by atoms with Crippen LogP contribution in [0.3, 0.4) is 0 Å². The molecule has 178 valence electrons. The average molecular weight is 481 g/mol. The summed E-state index contributed by atoms with van der Waals surface area (Å²) in [6.45, 7) is 6.23. The molecule has 1 N–H and O–H groups in total. The van der Waals surface area contributed by atoms with Gasteiger partial charge in [0.05, 0.1) is 0 Å². The number of alkyl halides is 3. The Morgan fingerprint density at radius 1 is 0.939 bits per heavy atom. The van der Waals surface area contributed by atoms with Crippen LogP contribution in [-0.4, -0.2) is 65.7 Å². The Kier molecular flexibility index (Phi) is 7.16. The predicted octanol–water partition coefficient (Wildman–Crippen LogP) is 4.74. The summed E-state index contributed by atoms with van der Waals surface area (Å²) in [5.41, 5.74) is -2.95. The highest BCUT2D eigenvalue weighted by Crippen LogP contribution is 2.37. The minimum Gasteiger partial charge on any atom is -0.356 e. The molecule has 4 rings (SSSR count). The van der Waals surface area contributed by atoms with E-state index in [0.717, 1.165) is 24.6 Å². The Morgan fingerprint density at radius 3 is 2.24 bits per heavy atom. The molecule has 0 unspecified atom stereocenters. The van der Waals surface area contributed by atoms with E-state index in [2.05, 4.69) is 20.1 Å². The number of carbonyl (C=O) groups is 1. The van der Waals surface area contributed by atoms with Crippen LogP contribution in [0.15, 0.2) is 35.2 Å². The van der Waals surface area contributed by atoms with Gasteiger partial charge >= 0.3 is 11.5 Å². The molecule has 2 fully saturated rings. The van der Waals surface area contributed by atoms with Crippen LogP contribution in [0.1, 0.15) is 25.0 Å². The number of halogens is 3. The zero-order chi connectivity index (χ0) is 23.4. The molecule has 2 aliphatic heterocycles. The number of thioether (sulfide) groups is 1. The van der Waals surface area contributed by atoms with Crippen molar-refractivity contribution in [3.8, 4) is 0 Å². The first-order chi connectivity index (χ1) is 15.8. The quantitative estimate of drug-likeness (QED) is 0.638. The van der Waals surface area contributed by atoms with Crippen molar-refractivity contribution in [2.75, 3.05) is 54.4 Å². The molecule has 3 heterocycles. The van der Waals surface area contributed by atoms with E-state index in [0.29, 0.717) is 37.8 Å². The number of piperidine rings is 1. The van der Waals surface area contributed by atoms with Crippen molar-refractivity contribution in [3.05, 3.63) is 36.0 Å². The molecule has 0 bridgehead atoms. The van der Waals surface area contributed by atoms with Gasteiger partial charge in [-0.05, 0) is 62.2 Å². The largest absolute Gasteiger partial charge is 0.446 e. The topological polar surface area (TPSA) is 64.6 Å². The van der Waals surface area contributed by atoms with Crippen molar-refractivity contribution in [1.29, 1.82) is 0 Å². The maximum Gasteiger partial charge on any atom is 0.446 e. The number of nitrogens with zero attached hydrogens (tertiary/aromatic N) is 5. The number of rotatable bonds is 4. The number of nitrogens with one attached hydrogen (secondary N) is 1. The fourth-order valence-electron chi connectivity index (χ4n) is 4.02. The molecule has 7 nitrogen and oxygen atoms in total. The zero-order valence-electron chi connectivity index (χ0n) is 18.4. The number of benzene rings is 1. The van der Waals surface area contributed by atoms with Crippen molar-refractivity contribution in [2.45, 2.75) is 36.6 Å². The maximum atomic E-state index is 12.6. The molecule has 2 saturated heterocycles. The van der Waals surface area contributed by atoms with Crippen molar-refractivity contribution < 1.29 is 18.0 Å². The summed E-state index contributed by atoms with van der Waals surface area (Å²) in [6, 6.07) is 7.40. The summed E-state index contributed by atoms with van der Waals surface area (Å²) in [5, 5.41) is 2.76. The maximum absolute atomic E-state index is 12.6. The minimum absolute atomic E-state index is 0.0798. The number of aromatic nitrogens is 2. The first-order valence-corrected chi connectivity index (χ1v) is 11.9. The average Bonchev–Trinajstić information content (AvgIpc) is 2.80. The summed E-state index contributed by atoms with van der Waals surface area (Å²) >= 11 is -0.178. The van der Waals surface area contributed by atoms with Gasteiger partial charge in [0.15, 0.2) is 0 Å². The molecule has 2 amide bonds. The van der Waals surface area contributed by atoms with Crippen LogP contribution >= 0.6 is 11.8 Å². The van der Waals surface area contributed by atoms with E-state index >= 15 is 0 Å². The molecule has 0 spiro atoms. The fraction of sp³-hybridized carbons (Fsp3) is 0.500. The molecule has 0 atom stereocenters. The van der Waals surface area contributed by atoms with E-state index in [1.54, 1.807) is 4.90 Å². The van der Waals surface area contributed by atoms with Gasteiger partial charge in [-0.3, -0.25) is 0 Å². The highest BCUT2D eigenvalue weighted by atomic mass is 32.2. The highest BCUT2D eigenvalue weighted by molar-refractivity contribution is 8.00. The van der Waals surface area contributed by atoms with Gasteiger partial charge in [-0.25, -0.2) is 9.78 Å². The summed E-state index contributed by atoms with van der Waals surface area (Å²) < 4.78 is 37.4. The predicted molar refractivity (Wildman–Crippen MR) is 124 cm³/mol. The Bertz CT molecular complexity index is 958. The van der Waals surface area contributed by atoms with Gasteiger partial charge in [-0.1, -0.05) is 0 Å². The van der Waals surface area contributed by atoms with E-state index in [9.17, 15) is 18.0 Å². The van der Waals surface area contributed by atoms with Gasteiger partial charge in [0.25, 0.3) is 0 Å². The van der Waals surface area contributed by atoms with E-state index < -0.39 is 5.51 Å². The number of hydrogen-bond acceptors (Lipinski definition) is 6. The number of amides is 2. The third kappa shape index (κ3) is 6.43. The van der Waals surface area contributed by atoms with E-state index in [4.69, 9.17) is 4.98 Å². The van der Waals surface area contributed by atoms with Gasteiger partial charge in [-0.15, -0.1) is 0 Å². The second-order valence-electron chi connectivity index (χ2n) is 8.19. The zero-order valence-corrected chi connectivity index (χ0v) is 19.3. The standard InChI is InChI=1S/C22H27F3N6OS/c1-16-15-19(29-9-3-2-4-10-29)28-20(26-16)30-11-13-31(14-12-30)21(32)27-17-5-7-18(8-6-17)33-22(23,24)25/h5-8,15H,2-4,9-14H2,1H3,(H,27,32). The smallest absolute Gasteiger partial charge is 0.356 e. The highest BCUT2D eigenvalue weighted by Gasteiger charge is 2.29. The molecule has 2 aliphatic rings. The summed E-state index contributed by atoms with van der Waals surface area (Å²) in [4.78, 5) is 28.2. The third-order valence-corrected chi connectivity index (χ3v) is 6.44. The van der Waals surface area contributed by atoms with Crippen LogP contribution in [0.5, 0.6) is 0 Å². The number of hydrogen-bond donors (Lipinski definition) is 1. The van der Waals surface area contributed by atoms with Crippen molar-refractivity contribution in [2.24, 2.45) is 0 Å². The van der Waals surface area contributed by atoms with Gasteiger partial charge in [-0.2, -0.15) is 18.2 Å². The molecule has 2 aromatic rings. The first-order valence-electron chi connectivity index (χ1n) is 11.0. The summed E-state index contributed by atoms with van der Waals surface area (Å²) in [5.74, 6) is 1.65. The summed E-state index contributed by atoms with van der Waals surface area (Å²) in [7, 11) is 0. The summed E-state index contributed by atoms with van der Waals surface area (Å²) in [6.07, 6.45) is 3.61. The SMILES string of the molecule is Cc1cc(N2CCCCC2)nc(N2CCN(C(=O)Nc3ccc(SC(F)(F)F)cc3)CC2)n1. The van der Waals surface area contributed by atoms with Gasteiger partial charge < -0.3 is 20.0 Å². The monoisotopic (exact) mass is 480 g/mol. The molecule has 0 radical (unpaired) electrons. The second-order valence-corrected chi connectivity index (χ2v) is 9.33. The fourth-order valence-corrected chi connectivity index (χ4v) is 4.55. The Hall–Kier alpha value is -2.69. The molecule has 11 heteroatoms. The van der Waals surface area contributed by atoms with Crippen LogP contribution in [0, 0.1) is 6.92 Å². The lowest BCUT2D eigenvalue weighted by atomic mass is 10.1. The Morgan fingerprint density at radius 2 is 1.61 bits per heavy atom. The normalized spacial score (nSPS) is 17.3. The van der Waals surface area contributed by atoms with E-state index in [-0.39, 0.29) is 22.7 Å². The van der Waals surface area contributed by atoms with Crippen LogP contribution in [0.2, 0.25) is 0 Å². The lowest BCUT2D eigenvalue weighted by Crippen LogP contribution is -2.50. The molecule has 1 aromatic carbocycles. The lowest BCUT2D eigenvalue weighted by Gasteiger charge is -2.35. The van der Waals surface area contributed by atoms with Crippen molar-refractivity contribution in [3.63, 3.8) is 0 Å². The number of aryl methyl sites for hydroxylation is 1. The first kappa shape index (κ1) is 23.5. The number of anilines is 3. The Balaban J connectivity index is 1.32. The second kappa shape index (κ2) is 10.1. The van der Waals surface area contributed by atoms with E-state index in [1.807, 2.05) is 13.0 Å². The third-order valence-electron chi connectivity index (χ3n) is 5.70. The molecule has 0 aliphatic carbocycles. The van der Waals surface area contributed by atoms with Crippen LogP contribution in [-0.2, 0) is 0 Å². The number of piperazine rings is 1. The molecule has 1 aromatic heterocycles. The lowest BCUT2D eigenvalue weighted by molar-refractivity contribution is -0.0328. The molecule has 33 heavy (non-hydrogen) atoms. The number of urea groups is 1. The van der Waals surface area contributed by atoms with Gasteiger partial charge in [0.1, 0.15) is 5.82 Å². The van der Waals surface area contributed by atoms with Gasteiger partial charge in [0, 0.05) is 61.6 Å². The van der Waals surface area contributed by atoms with Crippen molar-refractivity contribution in [1.82, 2.24) is 14.9 Å². The minimum atomic E-state index is -4.33. The van der Waals surface area contributed by atoms with Gasteiger partial charge in [0.2, 0.25) is 5.95 Å². The molecular weight excluding hydrogens is 453 g/mol. The Labute approximate surface area is 195 Å². The number of carbonyl (C=O) groups excluding carboxylic acids is 1. The van der Waals surface area contributed by atoms with Crippen LogP contribution < -0.4 is 15.1 Å². The van der Waals surface area contributed by atoms with E-state index in [1.165, 1.54) is 43.5 Å². The van der Waals surface area contributed by atoms with Crippen LogP contribution in [0.25, 0.3) is 0 Å². The molecular formula is C22H27F3N6OS. The van der Waals surface area contributed by atoms with Crippen LogP contribution in [0.4, 0.5) is 35.4 Å².